The highest BCUT2D eigenvalue weighted by Gasteiger charge is 2.24. The van der Waals surface area contributed by atoms with Gasteiger partial charge in [-0.1, -0.05) is 66.7 Å². The van der Waals surface area contributed by atoms with Crippen LogP contribution in [0.4, 0.5) is 11.5 Å². The Morgan fingerprint density at radius 2 is 1.15 bits per heavy atom. The lowest BCUT2D eigenvalue weighted by Gasteiger charge is -2.36. The molecule has 3 aromatic carbocycles. The molecule has 0 unspecified atom stereocenters. The maximum absolute atomic E-state index is 6.25. The van der Waals surface area contributed by atoms with E-state index in [-0.39, 0.29) is 0 Å². The fraction of sp³-hybridized carbons (Fsp3) is 0.148. The Morgan fingerprint density at radius 1 is 0.576 bits per heavy atom. The number of anilines is 2. The summed E-state index contributed by atoms with van der Waals surface area (Å²) in [6, 6.07) is 30.5. The van der Waals surface area contributed by atoms with Crippen molar-refractivity contribution < 1.29 is 4.42 Å². The Balaban J connectivity index is 1.40. The SMILES string of the molecule is c1ccc(-c2nc(N3CCN(c4ccccc4)CC3)c3oc(-c4ccccc4)nc3n2)cc1. The molecule has 0 radical (unpaired) electrons. The molecule has 0 bridgehead atoms. The van der Waals surface area contributed by atoms with Crippen molar-refractivity contribution in [1.82, 2.24) is 15.0 Å². The summed E-state index contributed by atoms with van der Waals surface area (Å²) < 4.78 is 6.25. The highest BCUT2D eigenvalue weighted by molar-refractivity contribution is 5.85. The van der Waals surface area contributed by atoms with Gasteiger partial charge in [0.25, 0.3) is 0 Å². The molecule has 0 atom stereocenters. The highest BCUT2D eigenvalue weighted by Crippen LogP contribution is 2.32. The first-order valence-corrected chi connectivity index (χ1v) is 11.2. The van der Waals surface area contributed by atoms with Gasteiger partial charge in [0.2, 0.25) is 17.1 Å². The molecule has 1 fully saturated rings. The van der Waals surface area contributed by atoms with Gasteiger partial charge >= 0.3 is 0 Å². The molecule has 3 heterocycles. The van der Waals surface area contributed by atoms with Crippen molar-refractivity contribution in [3.05, 3.63) is 91.0 Å². The zero-order chi connectivity index (χ0) is 22.0. The molecule has 6 rings (SSSR count). The van der Waals surface area contributed by atoms with Crippen LogP contribution >= 0.6 is 0 Å². The van der Waals surface area contributed by atoms with Gasteiger partial charge in [0.1, 0.15) is 0 Å². The number of nitrogens with zero attached hydrogens (tertiary/aromatic N) is 5. The third-order valence-corrected chi connectivity index (χ3v) is 5.99. The molecule has 2 aromatic heterocycles. The van der Waals surface area contributed by atoms with Crippen LogP contribution in [0.15, 0.2) is 95.4 Å². The predicted octanol–water partition coefficient (Wildman–Crippen LogP) is 5.28. The maximum Gasteiger partial charge on any atom is 0.229 e. The largest absolute Gasteiger partial charge is 0.430 e. The topological polar surface area (TPSA) is 58.3 Å². The van der Waals surface area contributed by atoms with E-state index in [0.717, 1.165) is 43.1 Å². The van der Waals surface area contributed by atoms with E-state index in [4.69, 9.17) is 19.4 Å². The molecular weight excluding hydrogens is 410 g/mol. The minimum absolute atomic E-state index is 0.564. The lowest BCUT2D eigenvalue weighted by atomic mass is 10.2. The van der Waals surface area contributed by atoms with Crippen LogP contribution in [0.1, 0.15) is 0 Å². The summed E-state index contributed by atoms with van der Waals surface area (Å²) in [7, 11) is 0. The van der Waals surface area contributed by atoms with E-state index in [0.29, 0.717) is 22.9 Å². The highest BCUT2D eigenvalue weighted by atomic mass is 16.4. The average Bonchev–Trinajstić information content (AvgIpc) is 3.34. The Kier molecular flexibility index (Phi) is 4.96. The van der Waals surface area contributed by atoms with Gasteiger partial charge in [-0.3, -0.25) is 0 Å². The summed E-state index contributed by atoms with van der Waals surface area (Å²) in [5, 5.41) is 0. The van der Waals surface area contributed by atoms with Crippen molar-refractivity contribution in [2.75, 3.05) is 36.0 Å². The minimum Gasteiger partial charge on any atom is -0.430 e. The Labute approximate surface area is 192 Å². The predicted molar refractivity (Wildman–Crippen MR) is 131 cm³/mol. The summed E-state index contributed by atoms with van der Waals surface area (Å²) in [4.78, 5) is 19.1. The van der Waals surface area contributed by atoms with E-state index in [1.54, 1.807) is 0 Å². The third kappa shape index (κ3) is 3.80. The average molecular weight is 434 g/mol. The number of fused-ring (bicyclic) bond motifs is 1. The van der Waals surface area contributed by atoms with E-state index in [1.807, 2.05) is 60.7 Å². The minimum atomic E-state index is 0.564. The van der Waals surface area contributed by atoms with Crippen molar-refractivity contribution >= 4 is 22.7 Å². The Bertz CT molecular complexity index is 1360. The molecule has 6 nitrogen and oxygen atoms in total. The standard InChI is InChI=1S/C27H23N5O/c1-4-10-20(11-5-1)24-28-25-23(33-27(30-25)21-12-6-2-7-13-21)26(29-24)32-18-16-31(17-19-32)22-14-8-3-9-15-22/h1-15H,16-19H2. The molecule has 1 saturated heterocycles. The van der Waals surface area contributed by atoms with Crippen LogP contribution < -0.4 is 9.80 Å². The Morgan fingerprint density at radius 3 is 1.82 bits per heavy atom. The molecule has 5 aromatic rings. The lowest BCUT2D eigenvalue weighted by Crippen LogP contribution is -2.47. The van der Waals surface area contributed by atoms with Gasteiger partial charge in [-0.2, -0.15) is 4.98 Å². The van der Waals surface area contributed by atoms with E-state index in [9.17, 15) is 0 Å². The molecule has 33 heavy (non-hydrogen) atoms. The van der Waals surface area contributed by atoms with Crippen LogP contribution in [0.25, 0.3) is 34.1 Å². The molecule has 1 aliphatic heterocycles. The quantitative estimate of drug-likeness (QED) is 0.384. The molecule has 0 aliphatic carbocycles. The zero-order valence-electron chi connectivity index (χ0n) is 18.1. The normalized spacial score (nSPS) is 14.1. The summed E-state index contributed by atoms with van der Waals surface area (Å²) in [5.74, 6) is 2.03. The van der Waals surface area contributed by atoms with Gasteiger partial charge < -0.3 is 14.2 Å². The van der Waals surface area contributed by atoms with Crippen LogP contribution in [0, 0.1) is 0 Å². The molecular formula is C27H23N5O. The fourth-order valence-electron chi connectivity index (χ4n) is 4.26. The van der Waals surface area contributed by atoms with Gasteiger partial charge in [-0.05, 0) is 24.3 Å². The van der Waals surface area contributed by atoms with E-state index in [1.165, 1.54) is 5.69 Å². The zero-order valence-corrected chi connectivity index (χ0v) is 18.1. The van der Waals surface area contributed by atoms with Crippen LogP contribution in [0.2, 0.25) is 0 Å². The number of para-hydroxylation sites is 1. The third-order valence-electron chi connectivity index (χ3n) is 5.99. The Hall–Kier alpha value is -4.19. The van der Waals surface area contributed by atoms with Gasteiger partial charge in [-0.25, -0.2) is 9.97 Å². The van der Waals surface area contributed by atoms with Gasteiger partial charge in [0.15, 0.2) is 11.6 Å². The summed E-state index contributed by atoms with van der Waals surface area (Å²) in [5.41, 5.74) is 4.37. The number of hydrogen-bond acceptors (Lipinski definition) is 6. The maximum atomic E-state index is 6.25. The number of oxazole rings is 1. The number of piperazine rings is 1. The van der Waals surface area contributed by atoms with E-state index < -0.39 is 0 Å². The first kappa shape index (κ1) is 19.5. The van der Waals surface area contributed by atoms with Crippen molar-refractivity contribution in [1.29, 1.82) is 0 Å². The molecule has 0 N–H and O–H groups in total. The molecule has 0 spiro atoms. The van der Waals surface area contributed by atoms with Crippen molar-refractivity contribution in [3.8, 4) is 22.8 Å². The number of hydrogen-bond donors (Lipinski definition) is 0. The van der Waals surface area contributed by atoms with Crippen molar-refractivity contribution in [3.63, 3.8) is 0 Å². The molecule has 6 heteroatoms. The van der Waals surface area contributed by atoms with Gasteiger partial charge in [0.05, 0.1) is 0 Å². The summed E-state index contributed by atoms with van der Waals surface area (Å²) in [6.07, 6.45) is 0. The number of benzene rings is 3. The summed E-state index contributed by atoms with van der Waals surface area (Å²) in [6.45, 7) is 3.51. The molecule has 1 aliphatic rings. The molecule has 162 valence electrons. The monoisotopic (exact) mass is 433 g/mol. The van der Waals surface area contributed by atoms with Crippen LogP contribution in [-0.4, -0.2) is 41.1 Å². The van der Waals surface area contributed by atoms with Crippen molar-refractivity contribution in [2.24, 2.45) is 0 Å². The fourth-order valence-corrected chi connectivity index (χ4v) is 4.26. The lowest BCUT2D eigenvalue weighted by molar-refractivity contribution is 0.605. The van der Waals surface area contributed by atoms with Crippen LogP contribution in [0.3, 0.4) is 0 Å². The van der Waals surface area contributed by atoms with Gasteiger partial charge in [-0.15, -0.1) is 0 Å². The summed E-state index contributed by atoms with van der Waals surface area (Å²) >= 11 is 0. The first-order chi connectivity index (χ1) is 16.3. The molecule has 0 saturated carbocycles. The van der Waals surface area contributed by atoms with Gasteiger partial charge in [0, 0.05) is 43.0 Å². The number of aromatic nitrogens is 3. The second kappa shape index (κ2) is 8.39. The second-order valence-corrected chi connectivity index (χ2v) is 8.08. The van der Waals surface area contributed by atoms with Crippen molar-refractivity contribution in [2.45, 2.75) is 0 Å². The smallest absolute Gasteiger partial charge is 0.229 e. The van der Waals surface area contributed by atoms with E-state index >= 15 is 0 Å². The first-order valence-electron chi connectivity index (χ1n) is 11.2. The van der Waals surface area contributed by atoms with Crippen LogP contribution in [0.5, 0.6) is 0 Å². The van der Waals surface area contributed by atoms with E-state index in [2.05, 4.69) is 40.1 Å². The number of rotatable bonds is 4. The molecule has 0 amide bonds. The van der Waals surface area contributed by atoms with Crippen LogP contribution in [-0.2, 0) is 0 Å². The second-order valence-electron chi connectivity index (χ2n) is 8.08.